The van der Waals surface area contributed by atoms with Crippen LogP contribution >= 0.6 is 27.7 Å². The number of halogens is 2. The number of thioether (sulfide) groups is 1. The van der Waals surface area contributed by atoms with Gasteiger partial charge in [0.05, 0.1) is 17.1 Å². The van der Waals surface area contributed by atoms with Crippen LogP contribution in [0, 0.1) is 5.82 Å². The lowest BCUT2D eigenvalue weighted by atomic mass is 10.1. The maximum Gasteiger partial charge on any atom is 0.333 e. The predicted molar refractivity (Wildman–Crippen MR) is 136 cm³/mol. The number of carbonyl (C=O) groups excluding carboxylic acids is 1. The Morgan fingerprint density at radius 1 is 1.15 bits per heavy atom. The molecule has 3 aromatic rings. The van der Waals surface area contributed by atoms with E-state index in [1.165, 1.54) is 26.2 Å². The van der Waals surface area contributed by atoms with Crippen molar-refractivity contribution in [3.63, 3.8) is 0 Å². The van der Waals surface area contributed by atoms with Crippen LogP contribution in [-0.2, 0) is 25.3 Å². The van der Waals surface area contributed by atoms with Gasteiger partial charge in [0.25, 0.3) is 5.56 Å². The largest absolute Gasteiger partial charge is 0.494 e. The zero-order valence-corrected chi connectivity index (χ0v) is 21.0. The molecule has 178 valence electrons. The zero-order valence-electron chi connectivity index (χ0n) is 18.6. The van der Waals surface area contributed by atoms with Crippen LogP contribution in [0.15, 0.2) is 61.5 Å². The molecule has 2 aromatic carbocycles. The maximum atomic E-state index is 14.1. The molecule has 2 N–H and O–H groups in total. The van der Waals surface area contributed by atoms with Crippen LogP contribution in [0.2, 0.25) is 0 Å². The lowest BCUT2D eigenvalue weighted by Gasteiger charge is -2.13. The monoisotopic (exact) mass is 548 g/mol. The van der Waals surface area contributed by atoms with Crippen molar-refractivity contribution in [3.05, 3.63) is 84.7 Å². The molecule has 0 fully saturated rings. The Kier molecular flexibility index (Phi) is 8.11. The molecule has 0 aliphatic carbocycles. The van der Waals surface area contributed by atoms with Gasteiger partial charge in [-0.25, -0.2) is 14.2 Å². The Labute approximate surface area is 207 Å². The van der Waals surface area contributed by atoms with Gasteiger partial charge in [-0.05, 0) is 42.3 Å². The van der Waals surface area contributed by atoms with E-state index >= 15 is 0 Å². The third-order valence-electron chi connectivity index (χ3n) is 4.97. The van der Waals surface area contributed by atoms with Gasteiger partial charge in [0.2, 0.25) is 11.8 Å². The summed E-state index contributed by atoms with van der Waals surface area (Å²) in [5, 5.41) is 13.1. The summed E-state index contributed by atoms with van der Waals surface area (Å²) in [4.78, 5) is 42.0. The van der Waals surface area contributed by atoms with Gasteiger partial charge in [-0.2, -0.15) is 0 Å². The van der Waals surface area contributed by atoms with Gasteiger partial charge >= 0.3 is 5.69 Å². The number of aromatic hydroxyl groups is 1. The number of aromatic nitrogens is 2. The smallest absolute Gasteiger partial charge is 0.333 e. The van der Waals surface area contributed by atoms with Crippen molar-refractivity contribution in [2.24, 2.45) is 19.1 Å². The molecule has 0 atom stereocenters. The summed E-state index contributed by atoms with van der Waals surface area (Å²) in [5.41, 5.74) is -0.0814. The van der Waals surface area contributed by atoms with Gasteiger partial charge in [-0.3, -0.25) is 18.7 Å². The normalized spacial score (nSPS) is 11.5. The Balaban J connectivity index is 1.97. The van der Waals surface area contributed by atoms with Crippen molar-refractivity contribution < 1.29 is 14.3 Å². The van der Waals surface area contributed by atoms with Gasteiger partial charge in [0.15, 0.2) is 0 Å². The number of aryl methyl sites for hydroxylation is 1. The van der Waals surface area contributed by atoms with Crippen LogP contribution in [0.1, 0.15) is 18.1 Å². The second-order valence-corrected chi connectivity index (χ2v) is 9.18. The number of anilines is 1. The second-order valence-electron chi connectivity index (χ2n) is 7.30. The molecule has 11 heteroatoms. The topological polar surface area (TPSA) is 106 Å². The minimum Gasteiger partial charge on any atom is -0.494 e. The molecular weight excluding hydrogens is 527 g/mol. The van der Waals surface area contributed by atoms with Gasteiger partial charge < -0.3 is 10.4 Å². The molecule has 1 aromatic heterocycles. The fourth-order valence-electron chi connectivity index (χ4n) is 3.02. The highest BCUT2D eigenvalue weighted by atomic mass is 79.9. The van der Waals surface area contributed by atoms with E-state index in [-0.39, 0.29) is 22.0 Å². The average molecular weight is 549 g/mol. The van der Waals surface area contributed by atoms with Crippen molar-refractivity contribution in [3.8, 4) is 5.88 Å². The number of amides is 1. The molecule has 0 aliphatic rings. The van der Waals surface area contributed by atoms with Gasteiger partial charge in [0, 0.05) is 18.6 Å². The highest BCUT2D eigenvalue weighted by Crippen LogP contribution is 2.24. The summed E-state index contributed by atoms with van der Waals surface area (Å²) in [5.74, 6) is -1.94. The molecule has 0 radical (unpaired) electrons. The van der Waals surface area contributed by atoms with Crippen molar-refractivity contribution in [1.29, 1.82) is 0 Å². The molecule has 0 bridgehead atoms. The molecule has 1 heterocycles. The maximum absolute atomic E-state index is 14.1. The molecule has 8 nitrogen and oxygen atoms in total. The number of nitrogens with zero attached hydrogens (tertiary/aromatic N) is 3. The number of aliphatic imine (C=N–C) groups is 1. The minimum absolute atomic E-state index is 0.00307. The molecule has 0 saturated carbocycles. The van der Waals surface area contributed by atoms with Crippen molar-refractivity contribution >= 4 is 50.0 Å². The fourth-order valence-corrected chi connectivity index (χ4v) is 4.18. The standard InChI is InChI=1S/C23H22BrFN4O4S/c1-4-13-5-8-15(9-6-13)26-20(19-21(31)28(2)23(33)29(3)22(19)32)34-12-18(30)27-17-10-7-14(24)11-16(17)25/h5-11,31H,4,12H2,1-3H3,(H,27,30). The fraction of sp³-hybridized carbons (Fsp3) is 0.217. The Bertz CT molecular complexity index is 1380. The number of hydrogen-bond acceptors (Lipinski definition) is 6. The Morgan fingerprint density at radius 3 is 2.44 bits per heavy atom. The van der Waals surface area contributed by atoms with E-state index < -0.39 is 28.9 Å². The molecular formula is C23H22BrFN4O4S. The minimum atomic E-state index is -0.753. The van der Waals surface area contributed by atoms with Crippen LogP contribution in [-0.4, -0.2) is 30.9 Å². The number of nitrogens with one attached hydrogen (secondary N) is 1. The molecule has 0 aliphatic heterocycles. The summed E-state index contributed by atoms with van der Waals surface area (Å²) in [6, 6.07) is 11.5. The third kappa shape index (κ3) is 5.65. The molecule has 0 unspecified atom stereocenters. The van der Waals surface area contributed by atoms with Gasteiger partial charge in [0.1, 0.15) is 16.4 Å². The van der Waals surface area contributed by atoms with Crippen LogP contribution in [0.25, 0.3) is 0 Å². The van der Waals surface area contributed by atoms with E-state index in [0.717, 1.165) is 32.9 Å². The highest BCUT2D eigenvalue weighted by Gasteiger charge is 2.22. The number of carbonyl (C=O) groups is 1. The van der Waals surface area contributed by atoms with Crippen LogP contribution in [0.4, 0.5) is 15.8 Å². The van der Waals surface area contributed by atoms with E-state index in [4.69, 9.17) is 0 Å². The summed E-state index contributed by atoms with van der Waals surface area (Å²) < 4.78 is 16.4. The molecule has 1 amide bonds. The van der Waals surface area contributed by atoms with E-state index in [9.17, 15) is 23.9 Å². The van der Waals surface area contributed by atoms with Gasteiger partial charge in [-0.15, -0.1) is 0 Å². The van der Waals surface area contributed by atoms with Crippen LogP contribution < -0.4 is 16.6 Å². The highest BCUT2D eigenvalue weighted by molar-refractivity contribution is 9.10. The number of benzene rings is 2. The molecule has 0 saturated heterocycles. The summed E-state index contributed by atoms with van der Waals surface area (Å²) in [7, 11) is 2.61. The summed E-state index contributed by atoms with van der Waals surface area (Å²) in [6.45, 7) is 2.01. The van der Waals surface area contributed by atoms with Crippen molar-refractivity contribution in [2.75, 3.05) is 11.1 Å². The second kappa shape index (κ2) is 10.8. The molecule has 0 spiro atoms. The van der Waals surface area contributed by atoms with E-state index in [1.54, 1.807) is 18.2 Å². The first-order valence-electron chi connectivity index (χ1n) is 10.2. The molecule has 3 rings (SSSR count). The Morgan fingerprint density at radius 2 is 1.82 bits per heavy atom. The number of rotatable bonds is 6. The van der Waals surface area contributed by atoms with E-state index in [1.807, 2.05) is 19.1 Å². The predicted octanol–water partition coefficient (Wildman–Crippen LogP) is 3.70. The zero-order chi connectivity index (χ0) is 25.0. The quantitative estimate of drug-likeness (QED) is 0.361. The van der Waals surface area contributed by atoms with Crippen LogP contribution in [0.5, 0.6) is 5.88 Å². The number of hydrogen-bond donors (Lipinski definition) is 2. The Hall–Kier alpha value is -3.18. The summed E-state index contributed by atoms with van der Waals surface area (Å²) in [6.07, 6.45) is 0.834. The van der Waals surface area contributed by atoms with E-state index in [2.05, 4.69) is 26.2 Å². The van der Waals surface area contributed by atoms with E-state index in [0.29, 0.717) is 10.2 Å². The first kappa shape index (κ1) is 25.4. The third-order valence-corrected chi connectivity index (χ3v) is 6.44. The average Bonchev–Trinajstić information content (AvgIpc) is 2.82. The van der Waals surface area contributed by atoms with Crippen molar-refractivity contribution in [2.45, 2.75) is 13.3 Å². The SMILES string of the molecule is CCc1ccc(N=C(SCC(=O)Nc2ccc(Br)cc2F)c2c(O)n(C)c(=O)n(C)c2=O)cc1. The van der Waals surface area contributed by atoms with Crippen LogP contribution in [0.3, 0.4) is 0 Å². The lowest BCUT2D eigenvalue weighted by molar-refractivity contribution is -0.113. The van der Waals surface area contributed by atoms with Crippen molar-refractivity contribution in [1.82, 2.24) is 9.13 Å². The molecule has 34 heavy (non-hydrogen) atoms. The summed E-state index contributed by atoms with van der Waals surface area (Å²) >= 11 is 4.04. The van der Waals surface area contributed by atoms with Gasteiger partial charge in [-0.1, -0.05) is 46.7 Å². The lowest BCUT2D eigenvalue weighted by Crippen LogP contribution is -2.39. The first-order chi connectivity index (χ1) is 16.1. The first-order valence-corrected chi connectivity index (χ1v) is 11.9.